The molecular weight excluding hydrogens is 350 g/mol. The van der Waals surface area contributed by atoms with E-state index in [1.165, 1.54) is 11.6 Å². The van der Waals surface area contributed by atoms with Gasteiger partial charge in [-0.3, -0.25) is 9.69 Å². The fourth-order valence-electron chi connectivity index (χ4n) is 3.46. The van der Waals surface area contributed by atoms with Crippen molar-refractivity contribution < 1.29 is 18.3 Å². The fourth-order valence-corrected chi connectivity index (χ4v) is 3.46. The minimum absolute atomic E-state index is 0.0786. The van der Waals surface area contributed by atoms with Crippen LogP contribution in [0.15, 0.2) is 48.5 Å². The highest BCUT2D eigenvalue weighted by molar-refractivity contribution is 5.93. The smallest absolute Gasteiger partial charge is 0.387 e. The number of amides is 1. The Morgan fingerprint density at radius 1 is 1.22 bits per heavy atom. The molecule has 0 bridgehead atoms. The first kappa shape index (κ1) is 19.3. The molecule has 0 aromatic heterocycles. The van der Waals surface area contributed by atoms with Crippen LogP contribution < -0.4 is 10.1 Å². The van der Waals surface area contributed by atoms with Gasteiger partial charge >= 0.3 is 6.61 Å². The van der Waals surface area contributed by atoms with Crippen molar-refractivity contribution in [1.82, 2.24) is 4.90 Å². The van der Waals surface area contributed by atoms with Gasteiger partial charge < -0.3 is 10.1 Å². The Labute approximate surface area is 158 Å². The Balaban J connectivity index is 1.62. The number of likely N-dealkylation sites (tertiary alicyclic amines) is 1. The van der Waals surface area contributed by atoms with E-state index in [4.69, 9.17) is 0 Å². The number of carbonyl (C=O) groups is 1. The maximum atomic E-state index is 12.7. The third kappa shape index (κ3) is 5.26. The molecule has 27 heavy (non-hydrogen) atoms. The SMILES string of the molecule is Cc1c(NC(=O)C2CCCN(Cc3ccccc3)C2)cccc1OC(F)F. The molecule has 1 aliphatic rings. The van der Waals surface area contributed by atoms with Crippen LogP contribution in [0.5, 0.6) is 5.75 Å². The van der Waals surface area contributed by atoms with E-state index >= 15 is 0 Å². The highest BCUT2D eigenvalue weighted by atomic mass is 19.3. The highest BCUT2D eigenvalue weighted by Crippen LogP contribution is 2.28. The van der Waals surface area contributed by atoms with Crippen molar-refractivity contribution >= 4 is 11.6 Å². The van der Waals surface area contributed by atoms with Gasteiger partial charge in [-0.05, 0) is 44.0 Å². The number of hydrogen-bond acceptors (Lipinski definition) is 3. The molecule has 1 atom stereocenters. The summed E-state index contributed by atoms with van der Waals surface area (Å²) in [5.41, 5.74) is 2.24. The van der Waals surface area contributed by atoms with Crippen molar-refractivity contribution in [3.63, 3.8) is 0 Å². The molecule has 2 aromatic carbocycles. The monoisotopic (exact) mass is 374 g/mol. The molecule has 1 fully saturated rings. The van der Waals surface area contributed by atoms with Crippen molar-refractivity contribution in [2.24, 2.45) is 5.92 Å². The molecule has 1 aliphatic heterocycles. The summed E-state index contributed by atoms with van der Waals surface area (Å²) in [5, 5.41) is 2.89. The van der Waals surface area contributed by atoms with Gasteiger partial charge in [0.25, 0.3) is 0 Å². The van der Waals surface area contributed by atoms with Crippen molar-refractivity contribution in [2.45, 2.75) is 32.9 Å². The molecule has 0 aliphatic carbocycles. The lowest BCUT2D eigenvalue weighted by Crippen LogP contribution is -2.40. The molecule has 1 N–H and O–H groups in total. The van der Waals surface area contributed by atoms with Crippen LogP contribution in [-0.2, 0) is 11.3 Å². The number of halogens is 2. The summed E-state index contributed by atoms with van der Waals surface area (Å²) in [7, 11) is 0. The molecule has 0 radical (unpaired) electrons. The third-order valence-corrected chi connectivity index (χ3v) is 4.88. The number of alkyl halides is 2. The van der Waals surface area contributed by atoms with E-state index in [-0.39, 0.29) is 17.6 Å². The van der Waals surface area contributed by atoms with Crippen LogP contribution in [0.1, 0.15) is 24.0 Å². The second-order valence-corrected chi connectivity index (χ2v) is 6.86. The summed E-state index contributed by atoms with van der Waals surface area (Å²) < 4.78 is 29.5. The fraction of sp³-hybridized carbons (Fsp3) is 0.381. The lowest BCUT2D eigenvalue weighted by Gasteiger charge is -2.32. The van der Waals surface area contributed by atoms with Crippen LogP contribution in [-0.4, -0.2) is 30.5 Å². The predicted octanol–water partition coefficient (Wildman–Crippen LogP) is 4.45. The Morgan fingerprint density at radius 3 is 2.74 bits per heavy atom. The predicted molar refractivity (Wildman–Crippen MR) is 101 cm³/mol. The molecule has 1 saturated heterocycles. The Hall–Kier alpha value is -2.47. The van der Waals surface area contributed by atoms with Crippen LogP contribution in [0.4, 0.5) is 14.5 Å². The summed E-state index contributed by atoms with van der Waals surface area (Å²) in [4.78, 5) is 15.0. The quantitative estimate of drug-likeness (QED) is 0.812. The molecule has 2 aromatic rings. The zero-order valence-corrected chi connectivity index (χ0v) is 15.3. The zero-order valence-electron chi connectivity index (χ0n) is 15.3. The molecule has 0 saturated carbocycles. The van der Waals surface area contributed by atoms with Crippen LogP contribution in [0, 0.1) is 12.8 Å². The number of ether oxygens (including phenoxy) is 1. The number of nitrogens with one attached hydrogen (secondary N) is 1. The number of benzene rings is 2. The van der Waals surface area contributed by atoms with Gasteiger partial charge in [0.15, 0.2) is 0 Å². The second kappa shape index (κ2) is 8.95. The van der Waals surface area contributed by atoms with Crippen molar-refractivity contribution in [3.05, 3.63) is 59.7 Å². The average Bonchev–Trinajstić information content (AvgIpc) is 2.65. The molecule has 3 rings (SSSR count). The Morgan fingerprint density at radius 2 is 2.00 bits per heavy atom. The average molecular weight is 374 g/mol. The number of rotatable bonds is 6. The van der Waals surface area contributed by atoms with Gasteiger partial charge in [0, 0.05) is 24.3 Å². The normalized spacial score (nSPS) is 17.7. The lowest BCUT2D eigenvalue weighted by molar-refractivity contribution is -0.121. The Kier molecular flexibility index (Phi) is 6.40. The molecule has 1 heterocycles. The van der Waals surface area contributed by atoms with Crippen LogP contribution in [0.3, 0.4) is 0 Å². The van der Waals surface area contributed by atoms with E-state index in [0.717, 1.165) is 25.9 Å². The first-order valence-electron chi connectivity index (χ1n) is 9.14. The van der Waals surface area contributed by atoms with E-state index in [1.807, 2.05) is 18.2 Å². The maximum absolute atomic E-state index is 12.7. The second-order valence-electron chi connectivity index (χ2n) is 6.86. The largest absolute Gasteiger partial charge is 0.434 e. The lowest BCUT2D eigenvalue weighted by atomic mass is 9.96. The van der Waals surface area contributed by atoms with E-state index in [9.17, 15) is 13.6 Å². The number of carbonyl (C=O) groups excluding carboxylic acids is 1. The maximum Gasteiger partial charge on any atom is 0.387 e. The summed E-state index contributed by atoms with van der Waals surface area (Å²) in [6, 6.07) is 15.0. The molecule has 6 heteroatoms. The Bertz CT molecular complexity index is 768. The number of anilines is 1. The van der Waals surface area contributed by atoms with Gasteiger partial charge in [-0.1, -0.05) is 36.4 Å². The van der Waals surface area contributed by atoms with Gasteiger partial charge in [0.05, 0.1) is 5.92 Å². The molecule has 0 spiro atoms. The molecule has 1 unspecified atom stereocenters. The minimum atomic E-state index is -2.89. The van der Waals surface area contributed by atoms with Crippen molar-refractivity contribution in [1.29, 1.82) is 0 Å². The van der Waals surface area contributed by atoms with E-state index < -0.39 is 6.61 Å². The summed E-state index contributed by atoms with van der Waals surface area (Å²) >= 11 is 0. The summed E-state index contributed by atoms with van der Waals surface area (Å²) in [6.07, 6.45) is 1.78. The van der Waals surface area contributed by atoms with Crippen LogP contribution >= 0.6 is 0 Å². The first-order valence-corrected chi connectivity index (χ1v) is 9.14. The van der Waals surface area contributed by atoms with Gasteiger partial charge in [-0.2, -0.15) is 8.78 Å². The van der Waals surface area contributed by atoms with Crippen LogP contribution in [0.25, 0.3) is 0 Å². The number of piperidine rings is 1. The van der Waals surface area contributed by atoms with Gasteiger partial charge in [0.1, 0.15) is 5.75 Å². The first-order chi connectivity index (χ1) is 13.0. The van der Waals surface area contributed by atoms with E-state index in [0.29, 0.717) is 17.8 Å². The topological polar surface area (TPSA) is 41.6 Å². The zero-order chi connectivity index (χ0) is 19.2. The van der Waals surface area contributed by atoms with Crippen molar-refractivity contribution in [2.75, 3.05) is 18.4 Å². The minimum Gasteiger partial charge on any atom is -0.434 e. The van der Waals surface area contributed by atoms with E-state index in [1.54, 1.807) is 19.1 Å². The highest BCUT2D eigenvalue weighted by Gasteiger charge is 2.26. The molecule has 1 amide bonds. The molecule has 4 nitrogen and oxygen atoms in total. The summed E-state index contributed by atoms with van der Waals surface area (Å²) in [5.74, 6) is -0.122. The van der Waals surface area contributed by atoms with Gasteiger partial charge in [-0.25, -0.2) is 0 Å². The summed E-state index contributed by atoms with van der Waals surface area (Å²) in [6.45, 7) is 1.25. The van der Waals surface area contributed by atoms with Crippen molar-refractivity contribution in [3.8, 4) is 5.75 Å². The van der Waals surface area contributed by atoms with Gasteiger partial charge in [0.2, 0.25) is 5.91 Å². The number of nitrogens with zero attached hydrogens (tertiary/aromatic N) is 1. The molecule has 144 valence electrons. The van der Waals surface area contributed by atoms with Gasteiger partial charge in [-0.15, -0.1) is 0 Å². The van der Waals surface area contributed by atoms with E-state index in [2.05, 4.69) is 27.1 Å². The van der Waals surface area contributed by atoms with Crippen LogP contribution in [0.2, 0.25) is 0 Å². The third-order valence-electron chi connectivity index (χ3n) is 4.88. The molecular formula is C21H24F2N2O2. The number of hydrogen-bond donors (Lipinski definition) is 1. The standard InChI is InChI=1S/C21H24F2N2O2/c1-15-18(10-5-11-19(15)27-21(22)23)24-20(26)17-9-6-12-25(14-17)13-16-7-3-2-4-8-16/h2-5,7-8,10-11,17,21H,6,9,12-14H2,1H3,(H,24,26).